The Morgan fingerprint density at radius 1 is 0.741 bits per heavy atom. The van der Waals surface area contributed by atoms with Gasteiger partial charge in [0.1, 0.15) is 10.0 Å². The normalized spacial score (nSPS) is 11.1. The predicted molar refractivity (Wildman–Crippen MR) is 118 cm³/mol. The highest BCUT2D eigenvalue weighted by Crippen LogP contribution is 2.36. The second kappa shape index (κ2) is 6.89. The molecule has 0 saturated carbocycles. The van der Waals surface area contributed by atoms with Crippen molar-refractivity contribution in [2.24, 2.45) is 0 Å². The van der Waals surface area contributed by atoms with Crippen molar-refractivity contribution < 1.29 is 0 Å². The highest BCUT2D eigenvalue weighted by atomic mass is 35.5. The van der Waals surface area contributed by atoms with Gasteiger partial charge in [-0.3, -0.25) is 0 Å². The first-order valence-electron chi connectivity index (χ1n) is 8.45. The monoisotopic (exact) mass is 404 g/mol. The van der Waals surface area contributed by atoms with Crippen LogP contribution in [-0.2, 0) is 0 Å². The number of thiazole rings is 2. The van der Waals surface area contributed by atoms with Crippen molar-refractivity contribution in [1.29, 1.82) is 0 Å². The van der Waals surface area contributed by atoms with Crippen LogP contribution in [0.15, 0.2) is 72.8 Å². The van der Waals surface area contributed by atoms with Gasteiger partial charge < -0.3 is 0 Å². The Morgan fingerprint density at radius 3 is 1.89 bits per heavy atom. The smallest absolute Gasteiger partial charge is 0.127 e. The summed E-state index contributed by atoms with van der Waals surface area (Å²) < 4.78 is 2.34. The number of fused-ring (bicyclic) bond motifs is 2. The zero-order valence-corrected chi connectivity index (χ0v) is 16.5. The molecule has 0 fully saturated rings. The summed E-state index contributed by atoms with van der Waals surface area (Å²) >= 11 is 9.57. The van der Waals surface area contributed by atoms with Crippen molar-refractivity contribution in [2.45, 2.75) is 0 Å². The number of benzene rings is 3. The molecule has 5 rings (SSSR count). The van der Waals surface area contributed by atoms with E-state index in [1.807, 2.05) is 60.7 Å². The van der Waals surface area contributed by atoms with Gasteiger partial charge in [0.2, 0.25) is 0 Å². The summed E-state index contributed by atoms with van der Waals surface area (Å²) in [4.78, 5) is 9.72. The number of para-hydroxylation sites is 2. The predicted octanol–water partition coefficient (Wildman–Crippen LogP) is 7.15. The topological polar surface area (TPSA) is 25.8 Å². The van der Waals surface area contributed by atoms with Gasteiger partial charge in [-0.05, 0) is 48.0 Å². The largest absolute Gasteiger partial charge is 0.236 e. The lowest BCUT2D eigenvalue weighted by atomic mass is 10.1. The second-order valence-electron chi connectivity index (χ2n) is 6.09. The molecule has 0 bridgehead atoms. The number of hydrogen-bond acceptors (Lipinski definition) is 4. The highest BCUT2D eigenvalue weighted by molar-refractivity contribution is 7.22. The Bertz CT molecular complexity index is 1160. The number of nitrogens with zero attached hydrogens (tertiary/aromatic N) is 2. The molecule has 27 heavy (non-hydrogen) atoms. The van der Waals surface area contributed by atoms with Gasteiger partial charge in [0.05, 0.1) is 20.4 Å². The molecule has 0 amide bonds. The summed E-state index contributed by atoms with van der Waals surface area (Å²) in [5.74, 6) is 0. The minimum Gasteiger partial charge on any atom is -0.236 e. The van der Waals surface area contributed by atoms with Crippen molar-refractivity contribution >= 4 is 66.4 Å². The molecule has 0 N–H and O–H groups in total. The van der Waals surface area contributed by atoms with E-state index in [0.717, 1.165) is 37.2 Å². The zero-order chi connectivity index (χ0) is 18.2. The van der Waals surface area contributed by atoms with Gasteiger partial charge in [-0.2, -0.15) is 0 Å². The molecule has 0 saturated heterocycles. The first-order valence-corrected chi connectivity index (χ1v) is 10.5. The fourth-order valence-corrected chi connectivity index (χ4v) is 5.18. The van der Waals surface area contributed by atoms with Crippen LogP contribution in [0.1, 0.15) is 15.6 Å². The lowest BCUT2D eigenvalue weighted by Crippen LogP contribution is -1.87. The molecule has 2 nitrogen and oxygen atoms in total. The van der Waals surface area contributed by atoms with Crippen molar-refractivity contribution in [2.75, 3.05) is 0 Å². The molecule has 0 atom stereocenters. The van der Waals surface area contributed by atoms with Crippen LogP contribution in [0, 0.1) is 0 Å². The fraction of sp³-hybridized carbons (Fsp3) is 0. The lowest BCUT2D eigenvalue weighted by molar-refractivity contribution is 1.39. The van der Waals surface area contributed by atoms with Gasteiger partial charge >= 0.3 is 0 Å². The summed E-state index contributed by atoms with van der Waals surface area (Å²) in [5.41, 5.74) is 4.09. The third-order valence-corrected chi connectivity index (χ3v) is 6.58. The molecule has 5 aromatic rings. The molecule has 0 aliphatic heterocycles. The number of hydrogen-bond donors (Lipinski definition) is 0. The maximum Gasteiger partial charge on any atom is 0.127 e. The van der Waals surface area contributed by atoms with Crippen LogP contribution < -0.4 is 0 Å². The molecule has 2 aromatic heterocycles. The Labute approximate surface area is 169 Å². The fourth-order valence-electron chi connectivity index (χ4n) is 2.95. The second-order valence-corrected chi connectivity index (χ2v) is 8.58. The van der Waals surface area contributed by atoms with Crippen LogP contribution in [-0.4, -0.2) is 9.97 Å². The van der Waals surface area contributed by atoms with Crippen molar-refractivity contribution in [1.82, 2.24) is 9.97 Å². The molecule has 2 heterocycles. The van der Waals surface area contributed by atoms with Crippen LogP contribution in [0.2, 0.25) is 5.02 Å². The summed E-state index contributed by atoms with van der Waals surface area (Å²) in [6.07, 6.45) is 2.13. The summed E-state index contributed by atoms with van der Waals surface area (Å²) in [7, 11) is 0. The third kappa shape index (κ3) is 3.28. The SMILES string of the molecule is Clc1cccc(C=C(c2nc3ccccc3s2)c2nc3ccccc3s2)c1. The van der Waals surface area contributed by atoms with E-state index in [-0.39, 0.29) is 0 Å². The van der Waals surface area contributed by atoms with Crippen molar-refractivity contribution in [3.05, 3.63) is 93.4 Å². The lowest BCUT2D eigenvalue weighted by Gasteiger charge is -2.01. The van der Waals surface area contributed by atoms with Gasteiger partial charge in [-0.1, -0.05) is 48.0 Å². The van der Waals surface area contributed by atoms with Crippen LogP contribution >= 0.6 is 34.3 Å². The van der Waals surface area contributed by atoms with Gasteiger partial charge in [0, 0.05) is 10.6 Å². The van der Waals surface area contributed by atoms with E-state index in [9.17, 15) is 0 Å². The van der Waals surface area contributed by atoms with Crippen LogP contribution in [0.25, 0.3) is 32.1 Å². The van der Waals surface area contributed by atoms with E-state index in [4.69, 9.17) is 21.6 Å². The summed E-state index contributed by atoms with van der Waals surface area (Å²) in [6.45, 7) is 0. The molecular formula is C22H13ClN2S2. The Morgan fingerprint density at radius 2 is 1.33 bits per heavy atom. The van der Waals surface area contributed by atoms with Crippen molar-refractivity contribution in [3.63, 3.8) is 0 Å². The Hall–Kier alpha value is -2.53. The van der Waals surface area contributed by atoms with E-state index in [0.29, 0.717) is 0 Å². The molecule has 0 unspecified atom stereocenters. The summed E-state index contributed by atoms with van der Waals surface area (Å²) in [5, 5.41) is 2.65. The number of halogens is 1. The quantitative estimate of drug-likeness (QED) is 0.319. The number of aromatic nitrogens is 2. The van der Waals surface area contributed by atoms with Gasteiger partial charge in [0.25, 0.3) is 0 Å². The minimum absolute atomic E-state index is 0.719. The molecule has 3 aromatic carbocycles. The van der Waals surface area contributed by atoms with Gasteiger partial charge in [-0.25, -0.2) is 9.97 Å². The van der Waals surface area contributed by atoms with Crippen molar-refractivity contribution in [3.8, 4) is 0 Å². The zero-order valence-electron chi connectivity index (χ0n) is 14.1. The van der Waals surface area contributed by atoms with Gasteiger partial charge in [-0.15, -0.1) is 22.7 Å². The molecule has 5 heteroatoms. The molecular weight excluding hydrogens is 392 g/mol. The average molecular weight is 405 g/mol. The molecule has 0 aliphatic carbocycles. The Kier molecular flexibility index (Phi) is 4.24. The Balaban J connectivity index is 1.73. The maximum atomic E-state index is 6.19. The van der Waals surface area contributed by atoms with E-state index >= 15 is 0 Å². The van der Waals surface area contributed by atoms with E-state index in [2.05, 4.69) is 18.2 Å². The first-order chi connectivity index (χ1) is 13.3. The maximum absolute atomic E-state index is 6.19. The standard InChI is InChI=1S/C22H13ClN2S2/c23-15-7-5-6-14(12-15)13-16(21-24-17-8-1-3-10-19(17)26-21)22-25-18-9-2-4-11-20(18)27-22/h1-13H. The number of rotatable bonds is 3. The average Bonchev–Trinajstić information content (AvgIpc) is 3.30. The van der Waals surface area contributed by atoms with Crippen LogP contribution in [0.3, 0.4) is 0 Å². The molecule has 0 spiro atoms. The van der Waals surface area contributed by atoms with E-state index < -0.39 is 0 Å². The first kappa shape index (κ1) is 16.6. The van der Waals surface area contributed by atoms with E-state index in [1.54, 1.807) is 22.7 Å². The minimum atomic E-state index is 0.719. The highest BCUT2D eigenvalue weighted by Gasteiger charge is 2.15. The molecule has 0 radical (unpaired) electrons. The van der Waals surface area contributed by atoms with Crippen LogP contribution in [0.4, 0.5) is 0 Å². The van der Waals surface area contributed by atoms with E-state index in [1.165, 1.54) is 9.40 Å². The molecule has 130 valence electrons. The van der Waals surface area contributed by atoms with Crippen LogP contribution in [0.5, 0.6) is 0 Å². The van der Waals surface area contributed by atoms with Gasteiger partial charge in [0.15, 0.2) is 0 Å². The molecule has 0 aliphatic rings. The summed E-state index contributed by atoms with van der Waals surface area (Å²) in [6, 6.07) is 24.3. The third-order valence-electron chi connectivity index (χ3n) is 4.21.